The Morgan fingerprint density at radius 3 is 2.84 bits per heavy atom. The van der Waals surface area contributed by atoms with Crippen molar-refractivity contribution >= 4 is 26.0 Å². The molecule has 106 valence electrons. The molecule has 0 aromatic heterocycles. The minimum absolute atomic E-state index is 0.0872. The molecule has 1 aliphatic rings. The molecule has 0 radical (unpaired) electrons. The molecule has 6 heteroatoms. The van der Waals surface area contributed by atoms with Crippen LogP contribution in [-0.4, -0.2) is 43.4 Å². The van der Waals surface area contributed by atoms with Gasteiger partial charge in [0.05, 0.1) is 17.6 Å². The van der Waals surface area contributed by atoms with Crippen molar-refractivity contribution in [3.8, 4) is 0 Å². The smallest absolute Gasteiger partial charge is 0.243 e. The van der Waals surface area contributed by atoms with Crippen LogP contribution < -0.4 is 0 Å². The second kappa shape index (κ2) is 5.91. The van der Waals surface area contributed by atoms with Gasteiger partial charge in [0.15, 0.2) is 0 Å². The standard InChI is InChI=1S/C13H18BrNO3S/c1-10-4-3-5-13(6-10)19(16,17)15-8-12(7-14)18-9-11(15)2/h3-6,11-12H,7-9H2,1-2H3. The molecular weight excluding hydrogens is 330 g/mol. The zero-order valence-electron chi connectivity index (χ0n) is 11.0. The van der Waals surface area contributed by atoms with E-state index in [2.05, 4.69) is 15.9 Å². The van der Waals surface area contributed by atoms with Gasteiger partial charge in [-0.1, -0.05) is 28.1 Å². The van der Waals surface area contributed by atoms with Gasteiger partial charge in [0, 0.05) is 17.9 Å². The van der Waals surface area contributed by atoms with Crippen molar-refractivity contribution in [1.82, 2.24) is 4.31 Å². The van der Waals surface area contributed by atoms with Gasteiger partial charge in [-0.2, -0.15) is 4.31 Å². The van der Waals surface area contributed by atoms with Crippen molar-refractivity contribution in [3.63, 3.8) is 0 Å². The first-order valence-corrected chi connectivity index (χ1v) is 8.77. The average Bonchev–Trinajstić information content (AvgIpc) is 2.39. The molecular formula is C13H18BrNO3S. The molecule has 1 aliphatic heterocycles. The Kier molecular flexibility index (Phi) is 4.66. The molecule has 0 aliphatic carbocycles. The molecule has 1 heterocycles. The van der Waals surface area contributed by atoms with E-state index in [1.54, 1.807) is 18.2 Å². The van der Waals surface area contributed by atoms with Gasteiger partial charge in [0.2, 0.25) is 10.0 Å². The highest BCUT2D eigenvalue weighted by Gasteiger charge is 2.35. The van der Waals surface area contributed by atoms with Crippen LogP contribution in [0.15, 0.2) is 29.2 Å². The summed E-state index contributed by atoms with van der Waals surface area (Å²) in [6.07, 6.45) is -0.0872. The van der Waals surface area contributed by atoms with E-state index in [4.69, 9.17) is 4.74 Å². The summed E-state index contributed by atoms with van der Waals surface area (Å²) in [5.41, 5.74) is 0.944. The summed E-state index contributed by atoms with van der Waals surface area (Å²) in [5, 5.41) is 0.638. The van der Waals surface area contributed by atoms with Crippen LogP contribution in [0.4, 0.5) is 0 Å². The number of halogens is 1. The van der Waals surface area contributed by atoms with Crippen LogP contribution in [0.3, 0.4) is 0 Å². The number of nitrogens with zero attached hydrogens (tertiary/aromatic N) is 1. The Morgan fingerprint density at radius 1 is 1.47 bits per heavy atom. The molecule has 4 nitrogen and oxygen atoms in total. The van der Waals surface area contributed by atoms with Crippen molar-refractivity contribution in [1.29, 1.82) is 0 Å². The van der Waals surface area contributed by atoms with Crippen LogP contribution in [0.25, 0.3) is 0 Å². The SMILES string of the molecule is Cc1cccc(S(=O)(=O)N2CC(CBr)OCC2C)c1. The van der Waals surface area contributed by atoms with Crippen molar-refractivity contribution < 1.29 is 13.2 Å². The van der Waals surface area contributed by atoms with Crippen LogP contribution in [0, 0.1) is 6.92 Å². The van der Waals surface area contributed by atoms with Gasteiger partial charge in [-0.3, -0.25) is 0 Å². The second-order valence-corrected chi connectivity index (χ2v) is 7.39. The lowest BCUT2D eigenvalue weighted by molar-refractivity contribution is -0.0139. The molecule has 1 fully saturated rings. The summed E-state index contributed by atoms with van der Waals surface area (Å²) in [6.45, 7) is 4.59. The highest BCUT2D eigenvalue weighted by molar-refractivity contribution is 9.09. The molecule has 1 saturated heterocycles. The molecule has 0 N–H and O–H groups in total. The Morgan fingerprint density at radius 2 is 2.21 bits per heavy atom. The van der Waals surface area contributed by atoms with E-state index in [9.17, 15) is 8.42 Å². The van der Waals surface area contributed by atoms with Crippen molar-refractivity contribution in [3.05, 3.63) is 29.8 Å². The highest BCUT2D eigenvalue weighted by atomic mass is 79.9. The van der Waals surface area contributed by atoms with E-state index in [-0.39, 0.29) is 12.1 Å². The first-order valence-electron chi connectivity index (χ1n) is 6.21. The predicted molar refractivity (Wildman–Crippen MR) is 78.1 cm³/mol. The fourth-order valence-corrected chi connectivity index (χ4v) is 4.28. The van der Waals surface area contributed by atoms with E-state index >= 15 is 0 Å². The normalized spacial score (nSPS) is 25.4. The maximum absolute atomic E-state index is 12.7. The van der Waals surface area contributed by atoms with Crippen LogP contribution in [0.1, 0.15) is 12.5 Å². The topological polar surface area (TPSA) is 46.6 Å². The zero-order valence-corrected chi connectivity index (χ0v) is 13.4. The van der Waals surface area contributed by atoms with E-state index < -0.39 is 10.0 Å². The van der Waals surface area contributed by atoms with Gasteiger partial charge in [0.25, 0.3) is 0 Å². The lowest BCUT2D eigenvalue weighted by Crippen LogP contribution is -2.51. The van der Waals surface area contributed by atoms with E-state index in [0.29, 0.717) is 23.4 Å². The number of ether oxygens (including phenoxy) is 1. The lowest BCUT2D eigenvalue weighted by atomic mass is 10.2. The van der Waals surface area contributed by atoms with Crippen LogP contribution >= 0.6 is 15.9 Å². The fourth-order valence-electron chi connectivity index (χ4n) is 2.13. The minimum Gasteiger partial charge on any atom is -0.374 e. The van der Waals surface area contributed by atoms with E-state index in [0.717, 1.165) is 5.56 Å². The Bertz CT molecular complexity index is 547. The summed E-state index contributed by atoms with van der Waals surface area (Å²) < 4.78 is 32.4. The Labute approximate surface area is 122 Å². The number of rotatable bonds is 3. The van der Waals surface area contributed by atoms with Crippen LogP contribution in [0.5, 0.6) is 0 Å². The molecule has 0 amide bonds. The van der Waals surface area contributed by atoms with Gasteiger partial charge in [-0.25, -0.2) is 8.42 Å². The van der Waals surface area contributed by atoms with Gasteiger partial charge >= 0.3 is 0 Å². The zero-order chi connectivity index (χ0) is 14.0. The van der Waals surface area contributed by atoms with Crippen molar-refractivity contribution in [2.75, 3.05) is 18.5 Å². The third-order valence-corrected chi connectivity index (χ3v) is 5.91. The number of alkyl halides is 1. The molecule has 0 bridgehead atoms. The molecule has 2 rings (SSSR count). The lowest BCUT2D eigenvalue weighted by Gasteiger charge is -2.36. The predicted octanol–water partition coefficient (Wildman–Crippen LogP) is 2.17. The first-order chi connectivity index (χ1) is 8.95. The van der Waals surface area contributed by atoms with Gasteiger partial charge in [-0.05, 0) is 31.5 Å². The summed E-state index contributed by atoms with van der Waals surface area (Å²) in [5.74, 6) is 0. The third kappa shape index (κ3) is 3.18. The summed E-state index contributed by atoms with van der Waals surface area (Å²) >= 11 is 3.35. The Balaban J connectivity index is 2.32. The molecule has 0 spiro atoms. The third-order valence-electron chi connectivity index (χ3n) is 3.22. The summed E-state index contributed by atoms with van der Waals surface area (Å²) in [4.78, 5) is 0.356. The van der Waals surface area contributed by atoms with Crippen molar-refractivity contribution in [2.45, 2.75) is 30.9 Å². The quantitative estimate of drug-likeness (QED) is 0.787. The number of sulfonamides is 1. The number of aryl methyl sites for hydroxylation is 1. The van der Waals surface area contributed by atoms with Crippen LogP contribution in [-0.2, 0) is 14.8 Å². The van der Waals surface area contributed by atoms with Gasteiger partial charge in [-0.15, -0.1) is 0 Å². The van der Waals surface area contributed by atoms with Crippen LogP contribution in [0.2, 0.25) is 0 Å². The molecule has 19 heavy (non-hydrogen) atoms. The molecule has 2 unspecified atom stereocenters. The average molecular weight is 348 g/mol. The number of hydrogen-bond donors (Lipinski definition) is 0. The number of benzene rings is 1. The van der Waals surface area contributed by atoms with Gasteiger partial charge in [0.1, 0.15) is 0 Å². The first kappa shape index (κ1) is 15.0. The van der Waals surface area contributed by atoms with E-state index in [1.165, 1.54) is 4.31 Å². The maximum Gasteiger partial charge on any atom is 0.243 e. The molecule has 2 atom stereocenters. The van der Waals surface area contributed by atoms with Gasteiger partial charge < -0.3 is 4.74 Å². The summed E-state index contributed by atoms with van der Waals surface area (Å²) in [6, 6.07) is 6.88. The highest BCUT2D eigenvalue weighted by Crippen LogP contribution is 2.23. The minimum atomic E-state index is -3.44. The molecule has 0 saturated carbocycles. The monoisotopic (exact) mass is 347 g/mol. The van der Waals surface area contributed by atoms with Crippen molar-refractivity contribution in [2.24, 2.45) is 0 Å². The number of morpholine rings is 1. The maximum atomic E-state index is 12.7. The number of hydrogen-bond acceptors (Lipinski definition) is 3. The molecule has 1 aromatic rings. The fraction of sp³-hybridized carbons (Fsp3) is 0.538. The Hall–Kier alpha value is -0.430. The largest absolute Gasteiger partial charge is 0.374 e. The van der Waals surface area contributed by atoms with E-state index in [1.807, 2.05) is 19.9 Å². The second-order valence-electron chi connectivity index (χ2n) is 4.85. The summed E-state index contributed by atoms with van der Waals surface area (Å²) in [7, 11) is -3.44. The molecule has 1 aromatic carbocycles.